The highest BCUT2D eigenvalue weighted by atomic mass is 32.2. The first kappa shape index (κ1) is 18.1. The molecule has 0 fully saturated rings. The fraction of sp³-hybridized carbons (Fsp3) is 0.150. The number of pyridine rings is 1. The molecule has 134 valence electrons. The molecule has 26 heavy (non-hydrogen) atoms. The highest BCUT2D eigenvalue weighted by molar-refractivity contribution is 7.89. The number of rotatable bonds is 6. The lowest BCUT2D eigenvalue weighted by atomic mass is 10.0. The van der Waals surface area contributed by atoms with Crippen LogP contribution in [0.4, 0.5) is 0 Å². The molecule has 0 spiro atoms. The predicted molar refractivity (Wildman–Crippen MR) is 100 cm³/mol. The molecule has 0 saturated heterocycles. The SMILES string of the molecule is COc1ccc(S(=O)(=O)N(C)C(c2ccccc2)c2ccccn2)cc1. The first-order chi connectivity index (χ1) is 12.5. The van der Waals surface area contributed by atoms with E-state index in [2.05, 4.69) is 4.98 Å². The molecule has 0 N–H and O–H groups in total. The van der Waals surface area contributed by atoms with Gasteiger partial charge in [-0.05, 0) is 42.0 Å². The largest absolute Gasteiger partial charge is 0.497 e. The molecule has 0 aliphatic heterocycles. The minimum atomic E-state index is -3.72. The van der Waals surface area contributed by atoms with Crippen LogP contribution < -0.4 is 4.74 Å². The Kier molecular flexibility index (Phi) is 5.35. The maximum Gasteiger partial charge on any atom is 0.243 e. The molecule has 1 atom stereocenters. The van der Waals surface area contributed by atoms with E-state index in [-0.39, 0.29) is 4.90 Å². The Labute approximate surface area is 153 Å². The predicted octanol–water partition coefficient (Wildman–Crippen LogP) is 3.50. The zero-order chi connectivity index (χ0) is 18.6. The summed E-state index contributed by atoms with van der Waals surface area (Å²) in [6.45, 7) is 0. The molecule has 0 aliphatic rings. The minimum absolute atomic E-state index is 0.206. The average molecular weight is 368 g/mol. The number of hydrogen-bond donors (Lipinski definition) is 0. The zero-order valence-electron chi connectivity index (χ0n) is 14.6. The van der Waals surface area contributed by atoms with Gasteiger partial charge in [0.2, 0.25) is 10.0 Å². The molecule has 3 aromatic rings. The summed E-state index contributed by atoms with van der Waals surface area (Å²) in [5, 5.41) is 0. The van der Waals surface area contributed by atoms with Crippen LogP contribution in [-0.2, 0) is 10.0 Å². The van der Waals surface area contributed by atoms with Gasteiger partial charge in [0.05, 0.1) is 23.7 Å². The van der Waals surface area contributed by atoms with Gasteiger partial charge in [0.25, 0.3) is 0 Å². The molecule has 0 amide bonds. The van der Waals surface area contributed by atoms with Crippen molar-refractivity contribution in [2.75, 3.05) is 14.2 Å². The first-order valence-electron chi connectivity index (χ1n) is 8.12. The molecule has 0 radical (unpaired) electrons. The third-order valence-electron chi connectivity index (χ3n) is 4.18. The van der Waals surface area contributed by atoms with Crippen molar-refractivity contribution in [3.8, 4) is 5.75 Å². The Morgan fingerprint density at radius 3 is 2.15 bits per heavy atom. The number of sulfonamides is 1. The average Bonchev–Trinajstić information content (AvgIpc) is 2.70. The van der Waals surface area contributed by atoms with E-state index in [4.69, 9.17) is 4.74 Å². The fourth-order valence-corrected chi connectivity index (χ4v) is 4.11. The minimum Gasteiger partial charge on any atom is -0.497 e. The van der Waals surface area contributed by atoms with Gasteiger partial charge < -0.3 is 4.74 Å². The van der Waals surface area contributed by atoms with Crippen LogP contribution in [0.5, 0.6) is 5.75 Å². The first-order valence-corrected chi connectivity index (χ1v) is 9.56. The van der Waals surface area contributed by atoms with Crippen molar-refractivity contribution in [3.05, 3.63) is 90.3 Å². The monoisotopic (exact) mass is 368 g/mol. The van der Waals surface area contributed by atoms with Gasteiger partial charge in [-0.25, -0.2) is 8.42 Å². The fourth-order valence-electron chi connectivity index (χ4n) is 2.79. The number of benzene rings is 2. The Morgan fingerprint density at radius 2 is 1.58 bits per heavy atom. The second-order valence-electron chi connectivity index (χ2n) is 5.76. The summed E-state index contributed by atoms with van der Waals surface area (Å²) in [5.41, 5.74) is 1.52. The molecular weight excluding hydrogens is 348 g/mol. The van der Waals surface area contributed by atoms with Crippen LogP contribution in [-0.4, -0.2) is 31.9 Å². The Balaban J connectivity index is 2.05. The molecule has 5 nitrogen and oxygen atoms in total. The Bertz CT molecular complexity index is 904. The van der Waals surface area contributed by atoms with Gasteiger partial charge in [-0.2, -0.15) is 4.31 Å². The van der Waals surface area contributed by atoms with Crippen LogP contribution in [0.25, 0.3) is 0 Å². The molecule has 0 saturated carbocycles. The van der Waals surface area contributed by atoms with Gasteiger partial charge in [0.15, 0.2) is 0 Å². The van der Waals surface area contributed by atoms with Gasteiger partial charge in [-0.1, -0.05) is 36.4 Å². The number of ether oxygens (including phenoxy) is 1. The van der Waals surface area contributed by atoms with Crippen molar-refractivity contribution in [1.82, 2.24) is 9.29 Å². The number of methoxy groups -OCH3 is 1. The van der Waals surface area contributed by atoms with Crippen molar-refractivity contribution >= 4 is 10.0 Å². The zero-order valence-corrected chi connectivity index (χ0v) is 15.4. The van der Waals surface area contributed by atoms with Crippen molar-refractivity contribution in [2.45, 2.75) is 10.9 Å². The van der Waals surface area contributed by atoms with E-state index in [1.165, 1.54) is 4.31 Å². The van der Waals surface area contributed by atoms with E-state index in [1.54, 1.807) is 44.6 Å². The Hall–Kier alpha value is -2.70. The van der Waals surface area contributed by atoms with Crippen LogP contribution in [0.3, 0.4) is 0 Å². The van der Waals surface area contributed by atoms with Crippen molar-refractivity contribution in [3.63, 3.8) is 0 Å². The van der Waals surface area contributed by atoms with E-state index in [0.29, 0.717) is 11.4 Å². The second kappa shape index (κ2) is 7.68. The summed E-state index contributed by atoms with van der Waals surface area (Å²) in [4.78, 5) is 4.59. The van der Waals surface area contributed by atoms with Crippen molar-refractivity contribution in [2.24, 2.45) is 0 Å². The van der Waals surface area contributed by atoms with Gasteiger partial charge in [-0.3, -0.25) is 4.98 Å². The molecule has 6 heteroatoms. The summed E-state index contributed by atoms with van der Waals surface area (Å²) in [6, 6.07) is 20.8. The topological polar surface area (TPSA) is 59.5 Å². The summed E-state index contributed by atoms with van der Waals surface area (Å²) in [7, 11) is -0.603. The quantitative estimate of drug-likeness (QED) is 0.668. The molecule has 0 aliphatic carbocycles. The summed E-state index contributed by atoms with van der Waals surface area (Å²) in [6.07, 6.45) is 1.67. The highest BCUT2D eigenvalue weighted by Gasteiger charge is 2.31. The van der Waals surface area contributed by atoms with Gasteiger partial charge in [0, 0.05) is 13.2 Å². The normalized spacial score (nSPS) is 12.7. The Morgan fingerprint density at radius 1 is 0.923 bits per heavy atom. The maximum absolute atomic E-state index is 13.2. The lowest BCUT2D eigenvalue weighted by Crippen LogP contribution is -2.32. The second-order valence-corrected chi connectivity index (χ2v) is 7.76. The van der Waals surface area contributed by atoms with Crippen LogP contribution in [0, 0.1) is 0 Å². The molecule has 0 bridgehead atoms. The van der Waals surface area contributed by atoms with E-state index < -0.39 is 16.1 Å². The summed E-state index contributed by atoms with van der Waals surface area (Å²) in [5.74, 6) is 0.607. The summed E-state index contributed by atoms with van der Waals surface area (Å²) >= 11 is 0. The molecular formula is C20H20N2O3S. The summed E-state index contributed by atoms with van der Waals surface area (Å²) < 4.78 is 32.8. The van der Waals surface area contributed by atoms with Crippen LogP contribution in [0.1, 0.15) is 17.3 Å². The molecule has 1 unspecified atom stereocenters. The molecule has 3 rings (SSSR count). The third kappa shape index (κ3) is 3.61. The standard InChI is InChI=1S/C20H20N2O3S/c1-22(26(23,24)18-13-11-17(25-2)12-14-18)20(16-8-4-3-5-9-16)19-10-6-7-15-21-19/h3-15,20H,1-2H3. The van der Waals surface area contributed by atoms with Crippen LogP contribution in [0.15, 0.2) is 83.9 Å². The highest BCUT2D eigenvalue weighted by Crippen LogP contribution is 2.31. The molecule has 2 aromatic carbocycles. The van der Waals surface area contributed by atoms with Crippen molar-refractivity contribution < 1.29 is 13.2 Å². The molecule has 1 heterocycles. The van der Waals surface area contributed by atoms with E-state index >= 15 is 0 Å². The van der Waals surface area contributed by atoms with E-state index in [0.717, 1.165) is 5.56 Å². The lowest BCUT2D eigenvalue weighted by molar-refractivity contribution is 0.409. The van der Waals surface area contributed by atoms with E-state index in [9.17, 15) is 8.42 Å². The third-order valence-corrected chi connectivity index (χ3v) is 6.02. The van der Waals surface area contributed by atoms with Gasteiger partial charge in [0.1, 0.15) is 5.75 Å². The number of aromatic nitrogens is 1. The lowest BCUT2D eigenvalue weighted by Gasteiger charge is -2.27. The van der Waals surface area contributed by atoms with E-state index in [1.807, 2.05) is 48.5 Å². The van der Waals surface area contributed by atoms with Gasteiger partial charge >= 0.3 is 0 Å². The van der Waals surface area contributed by atoms with Crippen LogP contribution >= 0.6 is 0 Å². The van der Waals surface area contributed by atoms with Crippen LogP contribution in [0.2, 0.25) is 0 Å². The number of hydrogen-bond acceptors (Lipinski definition) is 4. The number of nitrogens with zero attached hydrogens (tertiary/aromatic N) is 2. The smallest absolute Gasteiger partial charge is 0.243 e. The van der Waals surface area contributed by atoms with Gasteiger partial charge in [-0.15, -0.1) is 0 Å². The van der Waals surface area contributed by atoms with Crippen molar-refractivity contribution in [1.29, 1.82) is 0 Å². The molecule has 1 aromatic heterocycles. The maximum atomic E-state index is 13.2.